The smallest absolute Gasteiger partial charge is 0.416 e. The second-order valence-electron chi connectivity index (χ2n) is 4.80. The standard InChI is InChI=1S/C15H14F3N3O2/c1-8-9(2)19-7-20-13(8)14(22)21-11-6-10(15(16,17)18)4-5-12(11)23-3/h4-7H,1-3H3,(H,21,22). The highest BCUT2D eigenvalue weighted by Gasteiger charge is 2.31. The summed E-state index contributed by atoms with van der Waals surface area (Å²) in [6.45, 7) is 3.37. The van der Waals surface area contributed by atoms with Crippen molar-refractivity contribution in [2.75, 3.05) is 12.4 Å². The highest BCUT2D eigenvalue weighted by Crippen LogP contribution is 2.35. The van der Waals surface area contributed by atoms with Crippen molar-refractivity contribution in [3.63, 3.8) is 0 Å². The van der Waals surface area contributed by atoms with Crippen LogP contribution >= 0.6 is 0 Å². The fraction of sp³-hybridized carbons (Fsp3) is 0.267. The van der Waals surface area contributed by atoms with Crippen molar-refractivity contribution >= 4 is 11.6 Å². The molecule has 0 spiro atoms. The molecule has 0 radical (unpaired) electrons. The summed E-state index contributed by atoms with van der Waals surface area (Å²) < 4.78 is 43.4. The number of nitrogens with zero attached hydrogens (tertiary/aromatic N) is 2. The van der Waals surface area contributed by atoms with Crippen LogP contribution in [-0.4, -0.2) is 23.0 Å². The van der Waals surface area contributed by atoms with Crippen LogP contribution in [0.1, 0.15) is 27.3 Å². The third kappa shape index (κ3) is 3.58. The van der Waals surface area contributed by atoms with Crippen LogP contribution in [-0.2, 0) is 6.18 Å². The van der Waals surface area contributed by atoms with E-state index < -0.39 is 17.6 Å². The quantitative estimate of drug-likeness (QED) is 0.940. The topological polar surface area (TPSA) is 64.1 Å². The molecule has 5 nitrogen and oxygen atoms in total. The molecular weight excluding hydrogens is 311 g/mol. The zero-order chi connectivity index (χ0) is 17.2. The van der Waals surface area contributed by atoms with Gasteiger partial charge in [0.05, 0.1) is 18.4 Å². The molecule has 8 heteroatoms. The van der Waals surface area contributed by atoms with E-state index in [9.17, 15) is 18.0 Å². The van der Waals surface area contributed by atoms with Crippen molar-refractivity contribution < 1.29 is 22.7 Å². The van der Waals surface area contributed by atoms with E-state index >= 15 is 0 Å². The zero-order valence-corrected chi connectivity index (χ0v) is 12.7. The van der Waals surface area contributed by atoms with E-state index in [1.54, 1.807) is 13.8 Å². The number of hydrogen-bond acceptors (Lipinski definition) is 4. The summed E-state index contributed by atoms with van der Waals surface area (Å²) in [5, 5.41) is 2.40. The molecule has 0 aliphatic rings. The fourth-order valence-electron chi connectivity index (χ4n) is 1.93. The summed E-state index contributed by atoms with van der Waals surface area (Å²) in [7, 11) is 1.30. The molecule has 1 N–H and O–H groups in total. The van der Waals surface area contributed by atoms with Crippen molar-refractivity contribution in [3.8, 4) is 5.75 Å². The number of hydrogen-bond donors (Lipinski definition) is 1. The Kier molecular flexibility index (Phi) is 4.53. The first-order valence-electron chi connectivity index (χ1n) is 6.59. The summed E-state index contributed by atoms with van der Waals surface area (Å²) in [6, 6.07) is 2.85. The Morgan fingerprint density at radius 2 is 1.91 bits per heavy atom. The van der Waals surface area contributed by atoms with E-state index in [0.29, 0.717) is 11.3 Å². The van der Waals surface area contributed by atoms with E-state index in [1.165, 1.54) is 13.4 Å². The van der Waals surface area contributed by atoms with Gasteiger partial charge in [0.2, 0.25) is 0 Å². The van der Waals surface area contributed by atoms with Gasteiger partial charge in [-0.1, -0.05) is 0 Å². The van der Waals surface area contributed by atoms with Gasteiger partial charge in [-0.15, -0.1) is 0 Å². The van der Waals surface area contributed by atoms with E-state index in [2.05, 4.69) is 15.3 Å². The van der Waals surface area contributed by atoms with E-state index in [-0.39, 0.29) is 17.1 Å². The van der Waals surface area contributed by atoms with Gasteiger partial charge in [0.1, 0.15) is 17.8 Å². The Labute approximate surface area is 130 Å². The molecule has 0 unspecified atom stereocenters. The summed E-state index contributed by atoms with van der Waals surface area (Å²) in [6.07, 6.45) is -3.30. The molecule has 0 atom stereocenters. The number of amides is 1. The molecule has 0 bridgehead atoms. The van der Waals surface area contributed by atoms with Crippen LogP contribution in [0.15, 0.2) is 24.5 Å². The highest BCUT2D eigenvalue weighted by molar-refractivity contribution is 6.04. The maximum Gasteiger partial charge on any atom is 0.416 e. The normalized spacial score (nSPS) is 11.2. The van der Waals surface area contributed by atoms with Crippen molar-refractivity contribution in [1.29, 1.82) is 0 Å². The Balaban J connectivity index is 2.38. The molecule has 0 saturated carbocycles. The largest absolute Gasteiger partial charge is 0.495 e. The third-order valence-electron chi connectivity index (χ3n) is 3.33. The average molecular weight is 325 g/mol. The lowest BCUT2D eigenvalue weighted by molar-refractivity contribution is -0.137. The summed E-state index contributed by atoms with van der Waals surface area (Å²) in [5.41, 5.74) is 0.293. The number of aryl methyl sites for hydroxylation is 1. The maximum absolute atomic E-state index is 12.8. The Morgan fingerprint density at radius 1 is 1.22 bits per heavy atom. The number of alkyl halides is 3. The Bertz CT molecular complexity index is 745. The molecule has 122 valence electrons. The molecule has 0 aliphatic carbocycles. The molecule has 1 aromatic heterocycles. The molecule has 1 aromatic carbocycles. The molecule has 1 amide bonds. The number of rotatable bonds is 3. The third-order valence-corrected chi connectivity index (χ3v) is 3.33. The second kappa shape index (κ2) is 6.23. The number of methoxy groups -OCH3 is 1. The molecule has 0 fully saturated rings. The molecule has 1 heterocycles. The number of nitrogens with one attached hydrogen (secondary N) is 1. The van der Waals surface area contributed by atoms with Crippen LogP contribution in [0.5, 0.6) is 5.75 Å². The van der Waals surface area contributed by atoms with Gasteiger partial charge in [-0.2, -0.15) is 13.2 Å². The number of halogens is 3. The van der Waals surface area contributed by atoms with Crippen molar-refractivity contribution in [2.45, 2.75) is 20.0 Å². The maximum atomic E-state index is 12.8. The van der Waals surface area contributed by atoms with Crippen LogP contribution in [0, 0.1) is 13.8 Å². The molecule has 23 heavy (non-hydrogen) atoms. The number of aromatic nitrogens is 2. The van der Waals surface area contributed by atoms with E-state index in [1.807, 2.05) is 0 Å². The minimum absolute atomic E-state index is 0.0806. The van der Waals surface area contributed by atoms with Gasteiger partial charge in [-0.3, -0.25) is 4.79 Å². The lowest BCUT2D eigenvalue weighted by atomic mass is 10.1. The summed E-state index contributed by atoms with van der Waals surface area (Å²) >= 11 is 0. The lowest BCUT2D eigenvalue weighted by Gasteiger charge is -2.14. The monoisotopic (exact) mass is 325 g/mol. The summed E-state index contributed by atoms with van der Waals surface area (Å²) in [5.74, 6) is -0.514. The van der Waals surface area contributed by atoms with Crippen LogP contribution in [0.3, 0.4) is 0 Å². The minimum Gasteiger partial charge on any atom is -0.495 e. The predicted octanol–water partition coefficient (Wildman–Crippen LogP) is 3.37. The van der Waals surface area contributed by atoms with Gasteiger partial charge in [0.15, 0.2) is 0 Å². The highest BCUT2D eigenvalue weighted by atomic mass is 19.4. The van der Waals surface area contributed by atoms with Gasteiger partial charge >= 0.3 is 6.18 Å². The molecular formula is C15H14F3N3O2. The first-order chi connectivity index (χ1) is 10.7. The molecule has 2 aromatic rings. The first-order valence-corrected chi connectivity index (χ1v) is 6.59. The second-order valence-corrected chi connectivity index (χ2v) is 4.80. The van der Waals surface area contributed by atoms with Gasteiger partial charge in [0, 0.05) is 11.3 Å². The van der Waals surface area contributed by atoms with Crippen molar-refractivity contribution in [3.05, 3.63) is 47.0 Å². The van der Waals surface area contributed by atoms with Crippen LogP contribution in [0.4, 0.5) is 18.9 Å². The molecule has 0 saturated heterocycles. The van der Waals surface area contributed by atoms with Gasteiger partial charge < -0.3 is 10.1 Å². The summed E-state index contributed by atoms with van der Waals surface area (Å²) in [4.78, 5) is 20.1. The van der Waals surface area contributed by atoms with E-state index in [0.717, 1.165) is 18.2 Å². The van der Waals surface area contributed by atoms with Crippen LogP contribution in [0.25, 0.3) is 0 Å². The van der Waals surface area contributed by atoms with Gasteiger partial charge in [0.25, 0.3) is 5.91 Å². The SMILES string of the molecule is COc1ccc(C(F)(F)F)cc1NC(=O)c1ncnc(C)c1C. The molecule has 0 aliphatic heterocycles. The predicted molar refractivity (Wildman–Crippen MR) is 77.5 cm³/mol. The van der Waals surface area contributed by atoms with Crippen molar-refractivity contribution in [2.24, 2.45) is 0 Å². The van der Waals surface area contributed by atoms with Crippen molar-refractivity contribution in [1.82, 2.24) is 9.97 Å². The Hall–Kier alpha value is -2.64. The first kappa shape index (κ1) is 16.7. The lowest BCUT2D eigenvalue weighted by Crippen LogP contribution is -2.17. The number of carbonyl (C=O) groups excluding carboxylic acids is 1. The number of anilines is 1. The van der Waals surface area contributed by atoms with Crippen LogP contribution in [0.2, 0.25) is 0 Å². The fourth-order valence-corrected chi connectivity index (χ4v) is 1.93. The average Bonchev–Trinajstić information content (AvgIpc) is 2.49. The molecule has 2 rings (SSSR count). The number of carbonyl (C=O) groups is 1. The van der Waals surface area contributed by atoms with Gasteiger partial charge in [-0.25, -0.2) is 9.97 Å². The number of ether oxygens (including phenoxy) is 1. The van der Waals surface area contributed by atoms with Gasteiger partial charge in [-0.05, 0) is 32.0 Å². The van der Waals surface area contributed by atoms with Crippen LogP contribution < -0.4 is 10.1 Å². The minimum atomic E-state index is -4.52. The zero-order valence-electron chi connectivity index (χ0n) is 12.7. The Morgan fingerprint density at radius 3 is 2.52 bits per heavy atom. The number of benzene rings is 1. The van der Waals surface area contributed by atoms with E-state index in [4.69, 9.17) is 4.74 Å².